The van der Waals surface area contributed by atoms with Gasteiger partial charge in [-0.05, 0) is 31.0 Å². The van der Waals surface area contributed by atoms with Crippen molar-refractivity contribution in [2.24, 2.45) is 5.73 Å². The van der Waals surface area contributed by atoms with E-state index in [9.17, 15) is 4.39 Å². The molecule has 2 N–H and O–H groups in total. The van der Waals surface area contributed by atoms with Crippen LogP contribution in [0.3, 0.4) is 0 Å². The summed E-state index contributed by atoms with van der Waals surface area (Å²) in [7, 11) is 0. The average molecular weight is 262 g/mol. The highest BCUT2D eigenvalue weighted by atomic mass is 19.1. The molecule has 3 rings (SSSR count). The Morgan fingerprint density at radius 3 is 2.79 bits per heavy atom. The molecule has 0 radical (unpaired) electrons. The van der Waals surface area contributed by atoms with E-state index in [0.29, 0.717) is 11.7 Å². The zero-order valence-electron chi connectivity index (χ0n) is 10.5. The highest BCUT2D eigenvalue weighted by molar-refractivity contribution is 5.74. The molecule has 5 nitrogen and oxygen atoms in total. The molecule has 1 aliphatic rings. The van der Waals surface area contributed by atoms with Gasteiger partial charge in [0.05, 0.1) is 12.2 Å². The Morgan fingerprint density at radius 2 is 2.11 bits per heavy atom. The Bertz CT molecular complexity index is 578. The van der Waals surface area contributed by atoms with E-state index in [1.54, 1.807) is 6.07 Å². The van der Waals surface area contributed by atoms with Crippen LogP contribution in [0, 0.1) is 5.82 Å². The first-order valence-electron chi connectivity index (χ1n) is 6.35. The van der Waals surface area contributed by atoms with Gasteiger partial charge in [0.15, 0.2) is 0 Å². The number of rotatable bonds is 3. The van der Waals surface area contributed by atoms with Gasteiger partial charge in [0.2, 0.25) is 11.7 Å². The maximum Gasteiger partial charge on any atom is 0.240 e. The van der Waals surface area contributed by atoms with Crippen molar-refractivity contribution in [2.45, 2.75) is 19.4 Å². The maximum atomic E-state index is 13.5. The van der Waals surface area contributed by atoms with Gasteiger partial charge in [-0.15, -0.1) is 0 Å². The van der Waals surface area contributed by atoms with Gasteiger partial charge < -0.3 is 15.2 Å². The first kappa shape index (κ1) is 12.1. The van der Waals surface area contributed by atoms with Crippen molar-refractivity contribution in [1.29, 1.82) is 0 Å². The summed E-state index contributed by atoms with van der Waals surface area (Å²) in [6.07, 6.45) is 2.24. The summed E-state index contributed by atoms with van der Waals surface area (Å²) in [6.45, 7) is 2.06. The summed E-state index contributed by atoms with van der Waals surface area (Å²) in [4.78, 5) is 6.36. The summed E-state index contributed by atoms with van der Waals surface area (Å²) in [5.74, 6) is 0.585. The molecule has 1 saturated heterocycles. The summed E-state index contributed by atoms with van der Waals surface area (Å²) < 4.78 is 18.5. The van der Waals surface area contributed by atoms with E-state index in [0.717, 1.165) is 37.2 Å². The Hall–Kier alpha value is -1.95. The first-order chi connectivity index (χ1) is 9.28. The van der Waals surface area contributed by atoms with Gasteiger partial charge in [-0.3, -0.25) is 0 Å². The van der Waals surface area contributed by atoms with Gasteiger partial charge in [0.1, 0.15) is 5.82 Å². The van der Waals surface area contributed by atoms with E-state index >= 15 is 0 Å². The molecule has 0 saturated carbocycles. The molecule has 0 spiro atoms. The van der Waals surface area contributed by atoms with E-state index < -0.39 is 0 Å². The largest absolute Gasteiger partial charge is 0.371 e. The molecule has 0 bridgehead atoms. The van der Waals surface area contributed by atoms with Crippen molar-refractivity contribution < 1.29 is 8.91 Å². The minimum absolute atomic E-state index is 0.202. The molecular weight excluding hydrogens is 247 g/mol. The molecular formula is C13H15FN4O. The number of hydrogen-bond acceptors (Lipinski definition) is 5. The van der Waals surface area contributed by atoms with Crippen LogP contribution in [-0.4, -0.2) is 23.2 Å². The number of halogens is 1. The molecule has 6 heteroatoms. The summed E-state index contributed by atoms with van der Waals surface area (Å²) in [6, 6.07) is 4.63. The molecule has 1 aliphatic heterocycles. The quantitative estimate of drug-likeness (QED) is 0.915. The van der Waals surface area contributed by atoms with Crippen LogP contribution < -0.4 is 10.6 Å². The smallest absolute Gasteiger partial charge is 0.240 e. The van der Waals surface area contributed by atoms with E-state index in [-0.39, 0.29) is 12.4 Å². The molecule has 2 aromatic rings. The van der Waals surface area contributed by atoms with Gasteiger partial charge >= 0.3 is 0 Å². The summed E-state index contributed by atoms with van der Waals surface area (Å²) in [5, 5.41) is 3.90. The third-order valence-electron chi connectivity index (χ3n) is 3.29. The topological polar surface area (TPSA) is 68.2 Å². The van der Waals surface area contributed by atoms with E-state index in [2.05, 4.69) is 15.0 Å². The fraction of sp³-hybridized carbons (Fsp3) is 0.385. The molecule has 1 aromatic carbocycles. The number of nitrogens with zero attached hydrogens (tertiary/aromatic N) is 3. The highest BCUT2D eigenvalue weighted by Crippen LogP contribution is 2.32. The van der Waals surface area contributed by atoms with Gasteiger partial charge in [-0.1, -0.05) is 5.16 Å². The number of aromatic nitrogens is 2. The number of nitrogens with two attached hydrogens (primary N) is 1. The lowest BCUT2D eigenvalue weighted by atomic mass is 10.1. The third-order valence-corrected chi connectivity index (χ3v) is 3.29. The Morgan fingerprint density at radius 1 is 1.32 bits per heavy atom. The monoisotopic (exact) mass is 262 g/mol. The van der Waals surface area contributed by atoms with Gasteiger partial charge in [0, 0.05) is 18.7 Å². The molecule has 0 unspecified atom stereocenters. The third kappa shape index (κ3) is 2.31. The highest BCUT2D eigenvalue weighted by Gasteiger charge is 2.20. The number of hydrogen-bond donors (Lipinski definition) is 1. The molecule has 1 fully saturated rings. The Labute approximate surface area is 110 Å². The lowest BCUT2D eigenvalue weighted by molar-refractivity contribution is 0.380. The van der Waals surface area contributed by atoms with Crippen molar-refractivity contribution in [3.63, 3.8) is 0 Å². The SMILES string of the molecule is NCc1nc(-c2ccc(F)cc2N2CCCC2)no1. The van der Waals surface area contributed by atoms with E-state index in [1.165, 1.54) is 12.1 Å². The van der Waals surface area contributed by atoms with Crippen molar-refractivity contribution in [1.82, 2.24) is 10.1 Å². The van der Waals surface area contributed by atoms with E-state index in [4.69, 9.17) is 10.3 Å². The Kier molecular flexibility index (Phi) is 3.16. The Balaban J connectivity index is 2.04. The van der Waals surface area contributed by atoms with Crippen LogP contribution in [0.1, 0.15) is 18.7 Å². The van der Waals surface area contributed by atoms with Crippen molar-refractivity contribution in [3.8, 4) is 11.4 Å². The zero-order valence-corrected chi connectivity index (χ0v) is 10.5. The van der Waals surface area contributed by atoms with Crippen molar-refractivity contribution in [3.05, 3.63) is 29.9 Å². The van der Waals surface area contributed by atoms with Gasteiger partial charge in [0.25, 0.3) is 0 Å². The van der Waals surface area contributed by atoms with Gasteiger partial charge in [-0.25, -0.2) is 4.39 Å². The summed E-state index contributed by atoms with van der Waals surface area (Å²) in [5.41, 5.74) is 7.06. The van der Waals surface area contributed by atoms with Crippen LogP contribution in [0.5, 0.6) is 0 Å². The predicted octanol–water partition coefficient (Wildman–Crippen LogP) is 1.93. The minimum Gasteiger partial charge on any atom is -0.371 e. The second kappa shape index (κ2) is 4.97. The minimum atomic E-state index is -0.256. The molecule has 0 amide bonds. The predicted molar refractivity (Wildman–Crippen MR) is 69.0 cm³/mol. The maximum absolute atomic E-state index is 13.5. The molecule has 100 valence electrons. The second-order valence-corrected chi connectivity index (χ2v) is 4.57. The fourth-order valence-electron chi connectivity index (χ4n) is 2.36. The zero-order chi connectivity index (χ0) is 13.2. The van der Waals surface area contributed by atoms with Gasteiger partial charge in [-0.2, -0.15) is 4.98 Å². The van der Waals surface area contributed by atoms with Crippen molar-refractivity contribution in [2.75, 3.05) is 18.0 Å². The second-order valence-electron chi connectivity index (χ2n) is 4.57. The van der Waals surface area contributed by atoms with Crippen LogP contribution >= 0.6 is 0 Å². The molecule has 2 heterocycles. The molecule has 0 aliphatic carbocycles. The molecule has 19 heavy (non-hydrogen) atoms. The molecule has 1 aromatic heterocycles. The summed E-state index contributed by atoms with van der Waals surface area (Å²) >= 11 is 0. The van der Waals surface area contributed by atoms with Crippen LogP contribution in [0.25, 0.3) is 11.4 Å². The standard InChI is InChI=1S/C13H15FN4O/c14-9-3-4-10(13-16-12(8-15)19-17-13)11(7-9)18-5-1-2-6-18/h3-4,7H,1-2,5-6,8,15H2. The average Bonchev–Trinajstić information content (AvgIpc) is 3.10. The first-order valence-corrected chi connectivity index (χ1v) is 6.35. The normalized spacial score (nSPS) is 15.2. The van der Waals surface area contributed by atoms with Crippen LogP contribution in [-0.2, 0) is 6.54 Å². The molecule has 0 atom stereocenters. The fourth-order valence-corrected chi connectivity index (χ4v) is 2.36. The number of anilines is 1. The van der Waals surface area contributed by atoms with Crippen LogP contribution in [0.15, 0.2) is 22.7 Å². The van der Waals surface area contributed by atoms with E-state index in [1.807, 2.05) is 0 Å². The number of benzene rings is 1. The lowest BCUT2D eigenvalue weighted by Gasteiger charge is -2.20. The lowest BCUT2D eigenvalue weighted by Crippen LogP contribution is -2.18. The van der Waals surface area contributed by atoms with Crippen molar-refractivity contribution >= 4 is 5.69 Å². The van der Waals surface area contributed by atoms with Crippen LogP contribution in [0.4, 0.5) is 10.1 Å². The van der Waals surface area contributed by atoms with Crippen LogP contribution in [0.2, 0.25) is 0 Å².